The molecule has 4 N–H and O–H groups in total. The summed E-state index contributed by atoms with van der Waals surface area (Å²) in [7, 11) is 0. The fourth-order valence-corrected chi connectivity index (χ4v) is 4.61. The molecular formula is C20H18FN5O2S. The minimum atomic E-state index is -0.819. The maximum atomic E-state index is 14.9. The predicted molar refractivity (Wildman–Crippen MR) is 107 cm³/mol. The van der Waals surface area contributed by atoms with Crippen LogP contribution in [0.15, 0.2) is 48.9 Å². The Morgan fingerprint density at radius 3 is 3.07 bits per heavy atom. The number of anilines is 1. The van der Waals surface area contributed by atoms with E-state index in [0.717, 1.165) is 0 Å². The first kappa shape index (κ1) is 19.4. The van der Waals surface area contributed by atoms with Crippen molar-refractivity contribution in [1.82, 2.24) is 10.3 Å². The number of hydrogen-bond acceptors (Lipinski definition) is 7. The summed E-state index contributed by atoms with van der Waals surface area (Å²) in [6.07, 6.45) is 4.66. The van der Waals surface area contributed by atoms with Gasteiger partial charge in [-0.25, -0.2) is 9.37 Å². The van der Waals surface area contributed by atoms with E-state index in [0.29, 0.717) is 29.2 Å². The van der Waals surface area contributed by atoms with Gasteiger partial charge in [0.25, 0.3) is 5.91 Å². The Labute approximate surface area is 171 Å². The largest absolute Gasteiger partial charge is 0.501 e. The zero-order valence-electron chi connectivity index (χ0n) is 15.3. The molecule has 4 rings (SSSR count). The average Bonchev–Trinajstić information content (AvgIpc) is 2.74. The number of carbonyl (C=O) groups is 1. The highest BCUT2D eigenvalue weighted by Crippen LogP contribution is 2.42. The van der Waals surface area contributed by atoms with Crippen molar-refractivity contribution in [2.24, 2.45) is 11.7 Å². The molecule has 1 aromatic heterocycles. The summed E-state index contributed by atoms with van der Waals surface area (Å²) in [6, 6.07) is 9.35. The normalized spacial score (nSPS) is 25.4. The van der Waals surface area contributed by atoms with Crippen LogP contribution in [0.1, 0.15) is 21.6 Å². The maximum absolute atomic E-state index is 14.9. The molecule has 1 saturated heterocycles. The van der Waals surface area contributed by atoms with Crippen LogP contribution < -0.4 is 16.4 Å². The van der Waals surface area contributed by atoms with Gasteiger partial charge in [0.1, 0.15) is 23.1 Å². The molecule has 1 aromatic carbocycles. The summed E-state index contributed by atoms with van der Waals surface area (Å²) in [6.45, 7) is 0.439. The highest BCUT2D eigenvalue weighted by Gasteiger charge is 2.46. The number of nitrogens with zero attached hydrogens (tertiary/aromatic N) is 2. The Balaban J connectivity index is 1.65. The van der Waals surface area contributed by atoms with Crippen LogP contribution >= 0.6 is 11.8 Å². The van der Waals surface area contributed by atoms with E-state index in [1.165, 1.54) is 30.5 Å². The zero-order valence-corrected chi connectivity index (χ0v) is 16.1. The Morgan fingerprint density at radius 2 is 2.31 bits per heavy atom. The van der Waals surface area contributed by atoms with Gasteiger partial charge < -0.3 is 15.8 Å². The lowest BCUT2D eigenvalue weighted by Crippen LogP contribution is -2.60. The molecule has 0 aliphatic carbocycles. The van der Waals surface area contributed by atoms with Crippen LogP contribution in [-0.4, -0.2) is 28.7 Å². The first-order chi connectivity index (χ1) is 14.0. The molecule has 1 unspecified atom stereocenters. The highest BCUT2D eigenvalue weighted by molar-refractivity contribution is 7.99. The number of ether oxygens (including phenoxy) is 1. The minimum Gasteiger partial charge on any atom is -0.501 e. The molecule has 0 bridgehead atoms. The number of thioether (sulfide) groups is 1. The highest BCUT2D eigenvalue weighted by atomic mass is 32.2. The van der Waals surface area contributed by atoms with Crippen LogP contribution in [-0.2, 0) is 10.3 Å². The molecule has 1 amide bonds. The van der Waals surface area contributed by atoms with E-state index in [9.17, 15) is 9.18 Å². The van der Waals surface area contributed by atoms with Gasteiger partial charge in [0.2, 0.25) is 0 Å². The van der Waals surface area contributed by atoms with Crippen LogP contribution in [0, 0.1) is 23.1 Å². The van der Waals surface area contributed by atoms with Crippen LogP contribution in [0.2, 0.25) is 0 Å². The molecule has 9 heteroatoms. The van der Waals surface area contributed by atoms with E-state index in [2.05, 4.69) is 15.6 Å². The third-order valence-electron chi connectivity index (χ3n) is 5.02. The number of pyridine rings is 1. The van der Waals surface area contributed by atoms with E-state index in [1.807, 2.05) is 6.07 Å². The molecule has 2 aliphatic rings. The second kappa shape index (κ2) is 7.83. The summed E-state index contributed by atoms with van der Waals surface area (Å²) < 4.78 is 20.3. The molecule has 0 radical (unpaired) electrons. The number of benzene rings is 1. The van der Waals surface area contributed by atoms with Crippen molar-refractivity contribution in [2.45, 2.75) is 11.0 Å². The lowest BCUT2D eigenvalue weighted by Gasteiger charge is -2.47. The summed E-state index contributed by atoms with van der Waals surface area (Å²) in [5.41, 5.74) is 6.26. The maximum Gasteiger partial charge on any atom is 0.274 e. The van der Waals surface area contributed by atoms with Crippen LogP contribution in [0.5, 0.6) is 0 Å². The Kier molecular flexibility index (Phi) is 5.24. The summed E-state index contributed by atoms with van der Waals surface area (Å²) >= 11 is 1.55. The molecule has 2 aromatic rings. The van der Waals surface area contributed by atoms with Gasteiger partial charge in [-0.05, 0) is 36.4 Å². The van der Waals surface area contributed by atoms with Gasteiger partial charge in [-0.1, -0.05) is 0 Å². The van der Waals surface area contributed by atoms with Gasteiger partial charge in [0.15, 0.2) is 0 Å². The van der Waals surface area contributed by atoms with Gasteiger partial charge >= 0.3 is 0 Å². The van der Waals surface area contributed by atoms with Crippen molar-refractivity contribution in [1.29, 1.82) is 5.26 Å². The van der Waals surface area contributed by atoms with Crippen LogP contribution in [0.3, 0.4) is 0 Å². The Morgan fingerprint density at radius 1 is 1.45 bits per heavy atom. The first-order valence-electron chi connectivity index (χ1n) is 8.93. The SMILES string of the molecule is N#Cc1ccc(C(=O)Nc2ccc(F)c([C@]34C=COC[C@H]3CSC(N)N4)c2)nc1. The van der Waals surface area contributed by atoms with Crippen molar-refractivity contribution < 1.29 is 13.9 Å². The predicted octanol–water partition coefficient (Wildman–Crippen LogP) is 2.28. The molecular weight excluding hydrogens is 393 g/mol. The molecule has 2 aliphatic heterocycles. The number of hydrogen-bond donors (Lipinski definition) is 3. The number of aromatic nitrogens is 1. The third kappa shape index (κ3) is 3.70. The third-order valence-corrected chi connectivity index (χ3v) is 6.09. The van der Waals surface area contributed by atoms with E-state index in [-0.39, 0.29) is 17.1 Å². The molecule has 148 valence electrons. The summed E-state index contributed by atoms with van der Waals surface area (Å²) in [5.74, 6) is -0.156. The number of halogens is 1. The second-order valence-electron chi connectivity index (χ2n) is 6.79. The van der Waals surface area contributed by atoms with E-state index >= 15 is 0 Å². The second-order valence-corrected chi connectivity index (χ2v) is 7.97. The van der Waals surface area contributed by atoms with Gasteiger partial charge in [-0.2, -0.15) is 5.26 Å². The average molecular weight is 411 g/mol. The minimum absolute atomic E-state index is 0.0158. The number of nitrogens with two attached hydrogens (primary N) is 1. The lowest BCUT2D eigenvalue weighted by atomic mass is 9.77. The van der Waals surface area contributed by atoms with Crippen molar-refractivity contribution in [2.75, 3.05) is 17.7 Å². The molecule has 29 heavy (non-hydrogen) atoms. The Bertz CT molecular complexity index is 1010. The molecule has 3 atom stereocenters. The van der Waals surface area contributed by atoms with Gasteiger partial charge in [-0.3, -0.25) is 10.1 Å². The fraction of sp³-hybridized carbons (Fsp3) is 0.250. The number of carbonyl (C=O) groups excluding carboxylic acids is 1. The van der Waals surface area contributed by atoms with Gasteiger partial charge in [-0.15, -0.1) is 11.8 Å². The first-order valence-corrected chi connectivity index (χ1v) is 9.98. The smallest absolute Gasteiger partial charge is 0.274 e. The quantitative estimate of drug-likeness (QED) is 0.710. The summed E-state index contributed by atoms with van der Waals surface area (Å²) in [5, 5.41) is 14.9. The fourth-order valence-electron chi connectivity index (χ4n) is 3.53. The number of nitrogens with one attached hydrogen (secondary N) is 2. The van der Waals surface area contributed by atoms with E-state index < -0.39 is 17.3 Å². The molecule has 0 spiro atoms. The monoisotopic (exact) mass is 411 g/mol. The van der Waals surface area contributed by atoms with Crippen molar-refractivity contribution >= 4 is 23.4 Å². The molecule has 3 heterocycles. The lowest BCUT2D eigenvalue weighted by molar-refractivity contribution is 0.102. The number of rotatable bonds is 3. The van der Waals surface area contributed by atoms with Gasteiger partial charge in [0, 0.05) is 29.1 Å². The van der Waals surface area contributed by atoms with E-state index in [1.54, 1.807) is 30.2 Å². The van der Waals surface area contributed by atoms with Crippen molar-refractivity contribution in [3.8, 4) is 6.07 Å². The topological polar surface area (TPSA) is 113 Å². The van der Waals surface area contributed by atoms with Crippen LogP contribution in [0.25, 0.3) is 0 Å². The van der Waals surface area contributed by atoms with Crippen molar-refractivity contribution in [3.63, 3.8) is 0 Å². The summed E-state index contributed by atoms with van der Waals surface area (Å²) in [4.78, 5) is 16.5. The molecule has 7 nitrogen and oxygen atoms in total. The zero-order chi connectivity index (χ0) is 20.4. The van der Waals surface area contributed by atoms with E-state index in [4.69, 9.17) is 15.7 Å². The van der Waals surface area contributed by atoms with Crippen molar-refractivity contribution in [3.05, 3.63) is 71.5 Å². The molecule has 1 fully saturated rings. The van der Waals surface area contributed by atoms with Gasteiger partial charge in [0.05, 0.1) is 24.0 Å². The number of amides is 1. The van der Waals surface area contributed by atoms with Crippen LogP contribution in [0.4, 0.5) is 10.1 Å². The number of fused-ring (bicyclic) bond motifs is 1. The Hall–Kier alpha value is -2.93. The molecule has 0 saturated carbocycles. The number of nitriles is 1. The standard InChI is InChI=1S/C20H18FN5O2S/c21-16-3-2-14(25-18(27)17-4-1-12(8-22)9-24-17)7-15(16)20-5-6-28-10-13(20)11-29-19(23)26-20/h1-7,9,13,19,26H,10-11,23H2,(H,25,27)/t13-,19?,20-/m0/s1.